The maximum Gasteiger partial charge on any atom is 0.0541 e. The van der Waals surface area contributed by atoms with Gasteiger partial charge in [0.2, 0.25) is 0 Å². The Morgan fingerprint density at radius 2 is 0.717 bits per heavy atom. The first kappa shape index (κ1) is 34.3. The molecule has 280 valence electrons. The van der Waals surface area contributed by atoms with Gasteiger partial charge in [0.25, 0.3) is 0 Å². The van der Waals surface area contributed by atoms with E-state index in [1.807, 2.05) is 0 Å². The van der Waals surface area contributed by atoms with Crippen LogP contribution in [-0.2, 0) is 6.42 Å². The van der Waals surface area contributed by atoms with Gasteiger partial charge in [-0.05, 0) is 131 Å². The molecule has 0 aliphatic heterocycles. The van der Waals surface area contributed by atoms with Crippen LogP contribution in [0.1, 0.15) is 11.1 Å². The fourth-order valence-electron chi connectivity index (χ4n) is 9.61. The summed E-state index contributed by atoms with van der Waals surface area (Å²) >= 11 is 0. The zero-order valence-corrected chi connectivity index (χ0v) is 33.0. The van der Waals surface area contributed by atoms with Gasteiger partial charge in [0.05, 0.1) is 11.0 Å². The predicted molar refractivity (Wildman–Crippen MR) is 254 cm³/mol. The lowest BCUT2D eigenvalue weighted by Gasteiger charge is -2.11. The number of nitrogens with zero attached hydrogens (tertiary/aromatic N) is 1. The molecule has 60 heavy (non-hydrogen) atoms. The van der Waals surface area contributed by atoms with Crippen molar-refractivity contribution >= 4 is 32.6 Å². The summed E-state index contributed by atoms with van der Waals surface area (Å²) in [4.78, 5) is 0. The first-order valence-corrected chi connectivity index (χ1v) is 20.9. The number of hydrogen-bond donors (Lipinski definition) is 0. The fraction of sp³-hybridized carbons (Fsp3) is 0.0169. The van der Waals surface area contributed by atoms with Crippen LogP contribution in [0.5, 0.6) is 0 Å². The van der Waals surface area contributed by atoms with Crippen LogP contribution in [-0.4, -0.2) is 4.57 Å². The van der Waals surface area contributed by atoms with Crippen LogP contribution < -0.4 is 0 Å². The normalized spacial score (nSPS) is 11.9. The quantitative estimate of drug-likeness (QED) is 0.159. The highest BCUT2D eigenvalue weighted by Crippen LogP contribution is 2.43. The van der Waals surface area contributed by atoms with E-state index in [1.165, 1.54) is 116 Å². The molecule has 0 N–H and O–H groups in total. The van der Waals surface area contributed by atoms with Crippen LogP contribution in [0.4, 0.5) is 0 Å². The van der Waals surface area contributed by atoms with Crippen LogP contribution in [0.15, 0.2) is 224 Å². The van der Waals surface area contributed by atoms with Gasteiger partial charge >= 0.3 is 0 Å². The predicted octanol–water partition coefficient (Wildman–Crippen LogP) is 15.8. The Balaban J connectivity index is 0.959. The molecule has 0 radical (unpaired) electrons. The number of rotatable bonds is 6. The van der Waals surface area contributed by atoms with Gasteiger partial charge in [0.15, 0.2) is 0 Å². The molecule has 1 aliphatic rings. The second kappa shape index (κ2) is 14.0. The van der Waals surface area contributed by atoms with Crippen molar-refractivity contribution in [2.75, 3.05) is 0 Å². The van der Waals surface area contributed by atoms with E-state index in [1.54, 1.807) is 0 Å². The van der Waals surface area contributed by atoms with Crippen LogP contribution in [0, 0.1) is 0 Å². The Morgan fingerprint density at radius 1 is 0.267 bits per heavy atom. The molecule has 0 amide bonds. The molecule has 11 aromatic rings. The smallest absolute Gasteiger partial charge is 0.0541 e. The monoisotopic (exact) mass is 761 g/mol. The molecule has 1 aromatic heterocycles. The molecule has 0 spiro atoms. The minimum Gasteiger partial charge on any atom is -0.309 e. The average Bonchev–Trinajstić information content (AvgIpc) is 3.86. The Hall–Kier alpha value is -7.74. The highest BCUT2D eigenvalue weighted by molar-refractivity contribution is 6.12. The lowest BCUT2D eigenvalue weighted by molar-refractivity contribution is 1.16. The molecular formula is C59H39N. The summed E-state index contributed by atoms with van der Waals surface area (Å²) in [6, 6.07) is 82.7. The first-order chi connectivity index (χ1) is 29.7. The van der Waals surface area contributed by atoms with Crippen molar-refractivity contribution in [1.82, 2.24) is 4.57 Å². The highest BCUT2D eigenvalue weighted by atomic mass is 15.0. The molecule has 0 unspecified atom stereocenters. The molecule has 0 atom stereocenters. The van der Waals surface area contributed by atoms with Gasteiger partial charge in [0.1, 0.15) is 0 Å². The van der Waals surface area contributed by atoms with E-state index in [0.717, 1.165) is 6.42 Å². The van der Waals surface area contributed by atoms with E-state index in [-0.39, 0.29) is 0 Å². The second-order valence-corrected chi connectivity index (χ2v) is 16.1. The van der Waals surface area contributed by atoms with E-state index in [2.05, 4.69) is 229 Å². The Bertz CT molecular complexity index is 3260. The minimum atomic E-state index is 0.917. The van der Waals surface area contributed by atoms with Crippen LogP contribution in [0.25, 0.3) is 105 Å². The van der Waals surface area contributed by atoms with E-state index in [4.69, 9.17) is 0 Å². The fourth-order valence-corrected chi connectivity index (χ4v) is 9.61. The standard InChI is InChI=1S/C59H39N/c1-3-10-39(11-4-1)41-18-22-43(23-19-41)46-27-32-58-56(37-46)57-38-47(44-24-20-42(21-25-44)40-12-5-2-6-13-40)28-33-59(57)60(58)51-29-31-55-50(36-51)35-49-34-48(26-30-54(49)55)53-17-9-15-45-14-7-8-16-52(45)53/h1-34,36-38H,35H2. The molecule has 1 heteroatoms. The first-order valence-electron chi connectivity index (χ1n) is 20.9. The second-order valence-electron chi connectivity index (χ2n) is 16.1. The third-order valence-corrected chi connectivity index (χ3v) is 12.6. The van der Waals surface area contributed by atoms with Crippen molar-refractivity contribution in [2.45, 2.75) is 6.42 Å². The van der Waals surface area contributed by atoms with E-state index >= 15 is 0 Å². The third-order valence-electron chi connectivity index (χ3n) is 12.6. The molecule has 0 saturated heterocycles. The molecule has 12 rings (SSSR count). The van der Waals surface area contributed by atoms with Gasteiger partial charge in [-0.1, -0.05) is 188 Å². The third kappa shape index (κ3) is 5.78. The van der Waals surface area contributed by atoms with Crippen LogP contribution in [0.3, 0.4) is 0 Å². The van der Waals surface area contributed by atoms with Gasteiger partial charge in [-0.25, -0.2) is 0 Å². The zero-order valence-electron chi connectivity index (χ0n) is 33.0. The molecule has 10 aromatic carbocycles. The van der Waals surface area contributed by atoms with Crippen molar-refractivity contribution in [3.63, 3.8) is 0 Å². The molecule has 1 heterocycles. The number of fused-ring (bicyclic) bond motifs is 7. The molecule has 0 bridgehead atoms. The molecule has 0 fully saturated rings. The highest BCUT2D eigenvalue weighted by Gasteiger charge is 2.22. The minimum absolute atomic E-state index is 0.917. The Labute approximate surface area is 350 Å². The summed E-state index contributed by atoms with van der Waals surface area (Å²) in [6.07, 6.45) is 0.917. The summed E-state index contributed by atoms with van der Waals surface area (Å²) in [5.74, 6) is 0. The zero-order chi connectivity index (χ0) is 39.6. The lowest BCUT2D eigenvalue weighted by Crippen LogP contribution is -1.95. The van der Waals surface area contributed by atoms with Crippen molar-refractivity contribution in [2.24, 2.45) is 0 Å². The summed E-state index contributed by atoms with van der Waals surface area (Å²) in [5.41, 5.74) is 21.4. The molecule has 0 saturated carbocycles. The van der Waals surface area contributed by atoms with Gasteiger partial charge < -0.3 is 4.57 Å². The van der Waals surface area contributed by atoms with Crippen molar-refractivity contribution < 1.29 is 0 Å². The SMILES string of the molecule is c1ccc(-c2ccc(-c3ccc4c(c3)c3cc(-c5ccc(-c6ccccc6)cc5)ccc3n4-c3ccc4c(c3)Cc3cc(-c5cccc6ccccc56)ccc3-4)cc2)cc1. The lowest BCUT2D eigenvalue weighted by atomic mass is 9.95. The van der Waals surface area contributed by atoms with E-state index < -0.39 is 0 Å². The van der Waals surface area contributed by atoms with Gasteiger partial charge in [-0.2, -0.15) is 0 Å². The van der Waals surface area contributed by atoms with Crippen molar-refractivity contribution in [3.8, 4) is 72.4 Å². The molecule has 1 aliphatic carbocycles. The number of aromatic nitrogens is 1. The summed E-state index contributed by atoms with van der Waals surface area (Å²) < 4.78 is 2.47. The summed E-state index contributed by atoms with van der Waals surface area (Å²) in [6.45, 7) is 0. The maximum atomic E-state index is 2.47. The van der Waals surface area contributed by atoms with Crippen LogP contribution in [0.2, 0.25) is 0 Å². The Kier molecular flexibility index (Phi) is 7.99. The van der Waals surface area contributed by atoms with Gasteiger partial charge in [-0.3, -0.25) is 0 Å². The van der Waals surface area contributed by atoms with Gasteiger partial charge in [0, 0.05) is 16.5 Å². The van der Waals surface area contributed by atoms with Crippen LogP contribution >= 0.6 is 0 Å². The summed E-state index contributed by atoms with van der Waals surface area (Å²) in [5, 5.41) is 5.07. The van der Waals surface area contributed by atoms with E-state index in [0.29, 0.717) is 0 Å². The topological polar surface area (TPSA) is 4.93 Å². The maximum absolute atomic E-state index is 2.47. The van der Waals surface area contributed by atoms with Gasteiger partial charge in [-0.15, -0.1) is 0 Å². The van der Waals surface area contributed by atoms with Crippen molar-refractivity contribution in [3.05, 3.63) is 236 Å². The Morgan fingerprint density at radius 3 is 1.32 bits per heavy atom. The van der Waals surface area contributed by atoms with Crippen molar-refractivity contribution in [1.29, 1.82) is 0 Å². The molecular weight excluding hydrogens is 723 g/mol. The summed E-state index contributed by atoms with van der Waals surface area (Å²) in [7, 11) is 0. The molecule has 1 nitrogen and oxygen atoms in total. The van der Waals surface area contributed by atoms with E-state index in [9.17, 15) is 0 Å². The number of hydrogen-bond acceptors (Lipinski definition) is 0. The number of benzene rings is 10. The average molecular weight is 762 g/mol. The largest absolute Gasteiger partial charge is 0.309 e.